The number of aromatic nitrogens is 2. The van der Waals surface area contributed by atoms with Crippen LogP contribution < -0.4 is 15.7 Å². The second kappa shape index (κ2) is 6.60. The predicted molar refractivity (Wildman–Crippen MR) is 73.9 cm³/mol. The summed E-state index contributed by atoms with van der Waals surface area (Å²) in [5.74, 6) is 0.159. The fraction of sp³-hybridized carbons (Fsp3) is 0.154. The van der Waals surface area contributed by atoms with Gasteiger partial charge in [0.2, 0.25) is 5.95 Å². The van der Waals surface area contributed by atoms with E-state index in [2.05, 4.69) is 25.2 Å². The van der Waals surface area contributed by atoms with Crippen molar-refractivity contribution in [2.75, 3.05) is 5.43 Å². The van der Waals surface area contributed by atoms with Gasteiger partial charge in [-0.1, -0.05) is 12.1 Å². The minimum Gasteiger partial charge on any atom is -0.434 e. The average molecular weight is 294 g/mol. The number of benzene rings is 1. The Morgan fingerprint density at radius 2 is 2.19 bits per heavy atom. The largest absolute Gasteiger partial charge is 0.434 e. The molecule has 0 amide bonds. The SMILES string of the molecule is Cc1cc(=O)[nH]c(NN=Cc2ccccc2OC(F)F)n1. The van der Waals surface area contributed by atoms with Crippen molar-refractivity contribution in [2.45, 2.75) is 13.5 Å². The maximum absolute atomic E-state index is 12.2. The van der Waals surface area contributed by atoms with Crippen molar-refractivity contribution < 1.29 is 13.5 Å². The van der Waals surface area contributed by atoms with Crippen molar-refractivity contribution in [3.8, 4) is 5.75 Å². The molecule has 0 atom stereocenters. The van der Waals surface area contributed by atoms with Gasteiger partial charge in [0.05, 0.1) is 6.21 Å². The number of nitrogens with one attached hydrogen (secondary N) is 2. The van der Waals surface area contributed by atoms with Crippen LogP contribution in [0.15, 0.2) is 40.2 Å². The van der Waals surface area contributed by atoms with Gasteiger partial charge in [0.25, 0.3) is 5.56 Å². The Balaban J connectivity index is 2.12. The molecule has 0 spiro atoms. The molecular formula is C13H12F2N4O2. The number of anilines is 1. The van der Waals surface area contributed by atoms with Crippen molar-refractivity contribution >= 4 is 12.2 Å². The number of hydrazone groups is 1. The lowest BCUT2D eigenvalue weighted by Gasteiger charge is -2.07. The molecule has 0 radical (unpaired) electrons. The van der Waals surface area contributed by atoms with E-state index in [0.29, 0.717) is 11.3 Å². The summed E-state index contributed by atoms with van der Waals surface area (Å²) in [6, 6.07) is 7.53. The van der Waals surface area contributed by atoms with Gasteiger partial charge in [-0.3, -0.25) is 9.78 Å². The lowest BCUT2D eigenvalue weighted by atomic mass is 10.2. The molecule has 2 N–H and O–H groups in total. The average Bonchev–Trinajstić information content (AvgIpc) is 2.39. The predicted octanol–water partition coefficient (Wildman–Crippen LogP) is 2.13. The van der Waals surface area contributed by atoms with Gasteiger partial charge in [0, 0.05) is 17.3 Å². The number of halogens is 2. The number of hydrogen-bond donors (Lipinski definition) is 2. The van der Waals surface area contributed by atoms with E-state index in [-0.39, 0.29) is 17.3 Å². The summed E-state index contributed by atoms with van der Waals surface area (Å²) < 4.78 is 28.8. The highest BCUT2D eigenvalue weighted by Gasteiger charge is 2.07. The molecule has 0 aliphatic heterocycles. The van der Waals surface area contributed by atoms with Crippen molar-refractivity contribution in [2.24, 2.45) is 5.10 Å². The molecule has 110 valence electrons. The van der Waals surface area contributed by atoms with Gasteiger partial charge in [0.15, 0.2) is 0 Å². The molecule has 8 heteroatoms. The first kappa shape index (κ1) is 14.6. The lowest BCUT2D eigenvalue weighted by Crippen LogP contribution is -2.10. The Morgan fingerprint density at radius 3 is 2.90 bits per heavy atom. The zero-order valence-electron chi connectivity index (χ0n) is 11.0. The standard InChI is InChI=1S/C13H12F2N4O2/c1-8-6-11(20)18-13(17-8)19-16-7-9-4-2-3-5-10(9)21-12(14)15/h2-7,12H,1H3,(H2,17,18,19,20). The summed E-state index contributed by atoms with van der Waals surface area (Å²) in [5, 5.41) is 3.83. The van der Waals surface area contributed by atoms with Gasteiger partial charge in [0.1, 0.15) is 5.75 Å². The number of alkyl halides is 2. The van der Waals surface area contributed by atoms with Crippen LogP contribution in [0.4, 0.5) is 14.7 Å². The third-order valence-corrected chi connectivity index (χ3v) is 2.38. The fourth-order valence-corrected chi connectivity index (χ4v) is 1.59. The van der Waals surface area contributed by atoms with E-state index in [4.69, 9.17) is 0 Å². The number of hydrogen-bond acceptors (Lipinski definition) is 5. The van der Waals surface area contributed by atoms with Crippen LogP contribution in [-0.2, 0) is 0 Å². The van der Waals surface area contributed by atoms with Gasteiger partial charge < -0.3 is 4.74 Å². The number of aromatic amines is 1. The molecule has 6 nitrogen and oxygen atoms in total. The monoisotopic (exact) mass is 294 g/mol. The first-order valence-corrected chi connectivity index (χ1v) is 5.95. The van der Waals surface area contributed by atoms with E-state index < -0.39 is 6.61 Å². The fourth-order valence-electron chi connectivity index (χ4n) is 1.59. The summed E-state index contributed by atoms with van der Waals surface area (Å²) in [6.45, 7) is -1.25. The maximum atomic E-state index is 12.2. The van der Waals surface area contributed by atoms with Crippen LogP contribution in [0.1, 0.15) is 11.3 Å². The molecule has 1 heterocycles. The van der Waals surface area contributed by atoms with E-state index in [1.54, 1.807) is 25.1 Å². The van der Waals surface area contributed by atoms with E-state index >= 15 is 0 Å². The topological polar surface area (TPSA) is 79.4 Å². The van der Waals surface area contributed by atoms with Gasteiger partial charge in [-0.05, 0) is 19.1 Å². The second-order valence-corrected chi connectivity index (χ2v) is 4.02. The molecule has 0 saturated carbocycles. The Kier molecular flexibility index (Phi) is 4.60. The van der Waals surface area contributed by atoms with Crippen molar-refractivity contribution in [1.29, 1.82) is 0 Å². The summed E-state index contributed by atoms with van der Waals surface area (Å²) >= 11 is 0. The third-order valence-electron chi connectivity index (χ3n) is 2.38. The first-order valence-electron chi connectivity index (χ1n) is 5.95. The lowest BCUT2D eigenvalue weighted by molar-refractivity contribution is -0.0499. The molecule has 2 aromatic rings. The molecule has 2 rings (SSSR count). The molecule has 0 bridgehead atoms. The number of para-hydroxylation sites is 1. The number of H-pyrrole nitrogens is 1. The van der Waals surface area contributed by atoms with Gasteiger partial charge in [-0.25, -0.2) is 10.4 Å². The molecule has 0 unspecified atom stereocenters. The summed E-state index contributed by atoms with van der Waals surface area (Å²) in [7, 11) is 0. The van der Waals surface area contributed by atoms with Crippen molar-refractivity contribution in [3.63, 3.8) is 0 Å². The smallest absolute Gasteiger partial charge is 0.387 e. The zero-order valence-corrected chi connectivity index (χ0v) is 11.0. The highest BCUT2D eigenvalue weighted by molar-refractivity contribution is 5.83. The summed E-state index contributed by atoms with van der Waals surface area (Å²) in [4.78, 5) is 17.7. The second-order valence-electron chi connectivity index (χ2n) is 4.02. The van der Waals surface area contributed by atoms with E-state index in [1.165, 1.54) is 18.3 Å². The molecular weight excluding hydrogens is 282 g/mol. The molecule has 1 aromatic carbocycles. The molecule has 0 aliphatic carbocycles. The van der Waals surface area contributed by atoms with Crippen LogP contribution in [0.3, 0.4) is 0 Å². The van der Waals surface area contributed by atoms with E-state index in [9.17, 15) is 13.6 Å². The summed E-state index contributed by atoms with van der Waals surface area (Å²) in [6.07, 6.45) is 1.29. The van der Waals surface area contributed by atoms with Gasteiger partial charge >= 0.3 is 6.61 Å². The van der Waals surface area contributed by atoms with Crippen LogP contribution in [0.5, 0.6) is 5.75 Å². The molecule has 0 saturated heterocycles. The maximum Gasteiger partial charge on any atom is 0.387 e. The van der Waals surface area contributed by atoms with Crippen LogP contribution in [0.25, 0.3) is 0 Å². The van der Waals surface area contributed by atoms with Crippen LogP contribution in [0.2, 0.25) is 0 Å². The van der Waals surface area contributed by atoms with Crippen molar-refractivity contribution in [1.82, 2.24) is 9.97 Å². The number of ether oxygens (including phenoxy) is 1. The highest BCUT2D eigenvalue weighted by atomic mass is 19.3. The zero-order chi connectivity index (χ0) is 15.2. The molecule has 1 aromatic heterocycles. The normalized spacial score (nSPS) is 11.0. The highest BCUT2D eigenvalue weighted by Crippen LogP contribution is 2.18. The Bertz CT molecular complexity index is 701. The van der Waals surface area contributed by atoms with E-state index in [1.807, 2.05) is 0 Å². The quantitative estimate of drug-likeness (QED) is 0.654. The van der Waals surface area contributed by atoms with Gasteiger partial charge in [-0.2, -0.15) is 13.9 Å². The number of rotatable bonds is 5. The van der Waals surface area contributed by atoms with Crippen molar-refractivity contribution in [3.05, 3.63) is 51.9 Å². The number of aryl methyl sites for hydroxylation is 1. The van der Waals surface area contributed by atoms with E-state index in [0.717, 1.165) is 0 Å². The molecule has 0 fully saturated rings. The first-order chi connectivity index (χ1) is 10.0. The Morgan fingerprint density at radius 1 is 1.43 bits per heavy atom. The third kappa shape index (κ3) is 4.37. The molecule has 0 aliphatic rings. The summed E-state index contributed by atoms with van der Waals surface area (Å²) in [5.41, 5.74) is 3.08. The van der Waals surface area contributed by atoms with Crippen LogP contribution >= 0.6 is 0 Å². The molecule has 21 heavy (non-hydrogen) atoms. The number of nitrogens with zero attached hydrogens (tertiary/aromatic N) is 2. The Hall–Kier alpha value is -2.77. The van der Waals surface area contributed by atoms with Crippen LogP contribution in [-0.4, -0.2) is 22.8 Å². The van der Waals surface area contributed by atoms with Gasteiger partial charge in [-0.15, -0.1) is 0 Å². The minimum absolute atomic E-state index is 0.00347. The Labute approximate surface area is 118 Å². The van der Waals surface area contributed by atoms with Crippen LogP contribution in [0, 0.1) is 6.92 Å². The minimum atomic E-state index is -2.91.